The average Bonchev–Trinajstić information content (AvgIpc) is 2.76. The number of nitro benzene ring substituents is 1. The van der Waals surface area contributed by atoms with Gasteiger partial charge < -0.3 is 15.5 Å². The first-order valence-electron chi connectivity index (χ1n) is 10.6. The Labute approximate surface area is 177 Å². The number of anilines is 1. The van der Waals surface area contributed by atoms with Crippen LogP contribution in [0.2, 0.25) is 0 Å². The Morgan fingerprint density at radius 1 is 1.20 bits per heavy atom. The van der Waals surface area contributed by atoms with Crippen molar-refractivity contribution in [2.24, 2.45) is 0 Å². The predicted octanol–water partition coefficient (Wildman–Crippen LogP) is 4.20. The van der Waals surface area contributed by atoms with Crippen molar-refractivity contribution in [1.29, 1.82) is 0 Å². The molecule has 2 aromatic rings. The summed E-state index contributed by atoms with van der Waals surface area (Å²) in [7, 11) is 0. The third-order valence-electron chi connectivity index (χ3n) is 5.63. The van der Waals surface area contributed by atoms with Crippen LogP contribution >= 0.6 is 0 Å². The highest BCUT2D eigenvalue weighted by atomic mass is 16.6. The number of rotatable bonds is 9. The van der Waals surface area contributed by atoms with E-state index in [9.17, 15) is 14.9 Å². The summed E-state index contributed by atoms with van der Waals surface area (Å²) in [6, 6.07) is 14.8. The Bertz CT molecular complexity index is 857. The number of hydrogen-bond acceptors (Lipinski definition) is 5. The molecule has 0 bridgehead atoms. The van der Waals surface area contributed by atoms with Crippen molar-refractivity contribution in [3.8, 4) is 0 Å². The van der Waals surface area contributed by atoms with Crippen LogP contribution in [0.25, 0.3) is 0 Å². The van der Waals surface area contributed by atoms with E-state index in [1.807, 2.05) is 30.3 Å². The lowest BCUT2D eigenvalue weighted by atomic mass is 10.0. The zero-order chi connectivity index (χ0) is 21.3. The van der Waals surface area contributed by atoms with Crippen molar-refractivity contribution in [3.63, 3.8) is 0 Å². The summed E-state index contributed by atoms with van der Waals surface area (Å²) in [6.07, 6.45) is 4.64. The average molecular weight is 411 g/mol. The summed E-state index contributed by atoms with van der Waals surface area (Å²) in [4.78, 5) is 26.0. The molecule has 1 saturated heterocycles. The largest absolute Gasteiger partial charge is 0.375 e. The van der Waals surface area contributed by atoms with Gasteiger partial charge in [-0.1, -0.05) is 36.8 Å². The molecule has 0 radical (unpaired) electrons. The van der Waals surface area contributed by atoms with E-state index in [1.54, 1.807) is 12.1 Å². The Morgan fingerprint density at radius 3 is 2.73 bits per heavy atom. The number of carbonyl (C=O) groups is 1. The van der Waals surface area contributed by atoms with Crippen molar-refractivity contribution in [1.82, 2.24) is 10.2 Å². The van der Waals surface area contributed by atoms with Gasteiger partial charge in [0.15, 0.2) is 0 Å². The molecular weight excluding hydrogens is 380 g/mol. The minimum Gasteiger partial charge on any atom is -0.375 e. The lowest BCUT2D eigenvalue weighted by molar-refractivity contribution is -0.384. The molecule has 1 aliphatic rings. The number of amides is 1. The van der Waals surface area contributed by atoms with Crippen LogP contribution in [0.5, 0.6) is 0 Å². The molecule has 1 heterocycles. The van der Waals surface area contributed by atoms with Crippen molar-refractivity contribution in [2.75, 3.05) is 25.0 Å². The minimum absolute atomic E-state index is 0.0966. The number of nitro groups is 1. The lowest BCUT2D eigenvalue weighted by Crippen LogP contribution is -2.39. The zero-order valence-corrected chi connectivity index (χ0v) is 17.5. The smallest absolute Gasteiger partial charge is 0.293 e. The summed E-state index contributed by atoms with van der Waals surface area (Å²) in [5.74, 6) is -0.278. The van der Waals surface area contributed by atoms with Crippen molar-refractivity contribution >= 4 is 17.3 Å². The monoisotopic (exact) mass is 410 g/mol. The Kier molecular flexibility index (Phi) is 7.79. The number of likely N-dealkylation sites (tertiary alicyclic amines) is 1. The van der Waals surface area contributed by atoms with E-state index < -0.39 is 4.92 Å². The van der Waals surface area contributed by atoms with Crippen LogP contribution in [0.1, 0.15) is 48.5 Å². The minimum atomic E-state index is -0.456. The van der Waals surface area contributed by atoms with E-state index in [4.69, 9.17) is 0 Å². The summed E-state index contributed by atoms with van der Waals surface area (Å²) >= 11 is 0. The molecule has 7 heteroatoms. The molecule has 1 aliphatic heterocycles. The first-order chi connectivity index (χ1) is 14.5. The molecule has 2 N–H and O–H groups in total. The number of benzene rings is 2. The number of hydrogen-bond donors (Lipinski definition) is 2. The molecule has 2 aromatic carbocycles. The molecule has 0 spiro atoms. The van der Waals surface area contributed by atoms with Gasteiger partial charge in [0.05, 0.1) is 4.92 Å². The van der Waals surface area contributed by atoms with Crippen LogP contribution in [-0.2, 0) is 6.54 Å². The highest BCUT2D eigenvalue weighted by molar-refractivity contribution is 5.95. The fourth-order valence-electron chi connectivity index (χ4n) is 3.84. The van der Waals surface area contributed by atoms with E-state index in [2.05, 4.69) is 22.5 Å². The lowest BCUT2D eigenvalue weighted by Gasteiger charge is -2.33. The quantitative estimate of drug-likeness (QED) is 0.367. The van der Waals surface area contributed by atoms with Crippen molar-refractivity contribution in [2.45, 2.75) is 45.2 Å². The van der Waals surface area contributed by atoms with Crippen LogP contribution in [0, 0.1) is 10.1 Å². The van der Waals surface area contributed by atoms with Gasteiger partial charge in [-0.2, -0.15) is 0 Å². The molecule has 1 fully saturated rings. The molecule has 3 rings (SSSR count). The van der Waals surface area contributed by atoms with Crippen LogP contribution < -0.4 is 10.6 Å². The second kappa shape index (κ2) is 10.7. The zero-order valence-electron chi connectivity index (χ0n) is 17.5. The molecule has 0 unspecified atom stereocenters. The molecule has 160 valence electrons. The third kappa shape index (κ3) is 6.03. The first-order valence-corrected chi connectivity index (χ1v) is 10.6. The van der Waals surface area contributed by atoms with Gasteiger partial charge >= 0.3 is 0 Å². The van der Waals surface area contributed by atoms with Crippen LogP contribution in [0.15, 0.2) is 48.5 Å². The Hall–Kier alpha value is -2.93. The van der Waals surface area contributed by atoms with Gasteiger partial charge in [0.25, 0.3) is 11.6 Å². The number of piperidine rings is 1. The van der Waals surface area contributed by atoms with E-state index in [1.165, 1.54) is 25.3 Å². The van der Waals surface area contributed by atoms with Gasteiger partial charge in [0, 0.05) is 37.3 Å². The Balaban J connectivity index is 1.53. The fourth-order valence-corrected chi connectivity index (χ4v) is 3.84. The van der Waals surface area contributed by atoms with Crippen molar-refractivity contribution in [3.05, 3.63) is 69.8 Å². The number of nitrogens with one attached hydrogen (secondary N) is 2. The van der Waals surface area contributed by atoms with Gasteiger partial charge in [-0.05, 0) is 50.4 Å². The predicted molar refractivity (Wildman–Crippen MR) is 119 cm³/mol. The van der Waals surface area contributed by atoms with Gasteiger partial charge in [-0.3, -0.25) is 14.9 Å². The van der Waals surface area contributed by atoms with E-state index in [-0.39, 0.29) is 11.6 Å². The maximum absolute atomic E-state index is 12.5. The standard InChI is InChI=1S/C23H30N4O3/c1-18-8-5-6-14-26(18)15-7-13-24-23(28)20-11-12-21(22(16-20)27(29)30)25-17-19-9-3-2-4-10-19/h2-4,9-12,16,18,25H,5-8,13-15,17H2,1H3,(H,24,28)/t18-/m0/s1. The van der Waals surface area contributed by atoms with Gasteiger partial charge in [-0.25, -0.2) is 0 Å². The van der Waals surface area contributed by atoms with Crippen LogP contribution in [0.4, 0.5) is 11.4 Å². The maximum atomic E-state index is 12.5. The molecule has 1 amide bonds. The Morgan fingerprint density at radius 2 is 2.00 bits per heavy atom. The third-order valence-corrected chi connectivity index (χ3v) is 5.63. The summed E-state index contributed by atoms with van der Waals surface area (Å²) in [5, 5.41) is 17.5. The summed E-state index contributed by atoms with van der Waals surface area (Å²) < 4.78 is 0. The topological polar surface area (TPSA) is 87.5 Å². The van der Waals surface area contributed by atoms with E-state index in [0.717, 1.165) is 25.1 Å². The van der Waals surface area contributed by atoms with Gasteiger partial charge in [0.2, 0.25) is 0 Å². The second-order valence-electron chi connectivity index (χ2n) is 7.82. The van der Waals surface area contributed by atoms with Crippen molar-refractivity contribution < 1.29 is 9.72 Å². The van der Waals surface area contributed by atoms with E-state index >= 15 is 0 Å². The molecular formula is C23H30N4O3. The molecule has 7 nitrogen and oxygen atoms in total. The molecule has 0 aromatic heterocycles. The molecule has 30 heavy (non-hydrogen) atoms. The highest BCUT2D eigenvalue weighted by Crippen LogP contribution is 2.26. The number of carbonyl (C=O) groups excluding carboxylic acids is 1. The second-order valence-corrected chi connectivity index (χ2v) is 7.82. The van der Waals surface area contributed by atoms with Crippen LogP contribution in [-0.4, -0.2) is 41.4 Å². The normalized spacial score (nSPS) is 16.8. The first kappa shape index (κ1) is 21.8. The van der Waals surface area contributed by atoms with Gasteiger partial charge in [-0.15, -0.1) is 0 Å². The fraction of sp³-hybridized carbons (Fsp3) is 0.435. The maximum Gasteiger partial charge on any atom is 0.293 e. The highest BCUT2D eigenvalue weighted by Gasteiger charge is 2.19. The SMILES string of the molecule is C[C@H]1CCCCN1CCCNC(=O)c1ccc(NCc2ccccc2)c([N+](=O)[O-])c1. The number of nitrogens with zero attached hydrogens (tertiary/aromatic N) is 2. The van der Waals surface area contributed by atoms with Gasteiger partial charge in [0.1, 0.15) is 5.69 Å². The van der Waals surface area contributed by atoms with E-state index in [0.29, 0.717) is 30.4 Å². The summed E-state index contributed by atoms with van der Waals surface area (Å²) in [6.45, 7) is 5.37. The molecule has 0 saturated carbocycles. The van der Waals surface area contributed by atoms with Crippen LogP contribution in [0.3, 0.4) is 0 Å². The molecule has 1 atom stereocenters. The molecule has 0 aliphatic carbocycles. The summed E-state index contributed by atoms with van der Waals surface area (Å²) in [5.41, 5.74) is 1.63.